The summed E-state index contributed by atoms with van der Waals surface area (Å²) in [5.74, 6) is 1.18. The van der Waals surface area contributed by atoms with Crippen molar-refractivity contribution in [3.8, 4) is 5.75 Å². The molecule has 1 aromatic carbocycles. The van der Waals surface area contributed by atoms with E-state index >= 15 is 0 Å². The molecule has 0 amide bonds. The van der Waals surface area contributed by atoms with Gasteiger partial charge in [0.05, 0.1) is 0 Å². The van der Waals surface area contributed by atoms with Gasteiger partial charge in [0, 0.05) is 0 Å². The third-order valence-electron chi connectivity index (χ3n) is 2.92. The average Bonchev–Trinajstić information content (AvgIpc) is 2.23. The molecule has 0 saturated carbocycles. The van der Waals surface area contributed by atoms with Crippen LogP contribution in [0.2, 0.25) is 0 Å². The van der Waals surface area contributed by atoms with Gasteiger partial charge in [0.25, 0.3) is 0 Å². The number of hydrogen-bond donors (Lipinski definition) is 2. The van der Waals surface area contributed by atoms with Crippen LogP contribution in [0.5, 0.6) is 5.75 Å². The molecule has 1 fully saturated rings. The molecule has 0 bridgehead atoms. The second kappa shape index (κ2) is 4.47. The molecule has 2 nitrogen and oxygen atoms in total. The largest absolute Gasteiger partial charge is 0.508 e. The zero-order chi connectivity index (χ0) is 9.80. The Morgan fingerprint density at radius 1 is 1.14 bits per heavy atom. The molecule has 14 heavy (non-hydrogen) atoms. The lowest BCUT2D eigenvalue weighted by Gasteiger charge is -2.22. The number of nitrogens with one attached hydrogen (secondary N) is 1. The summed E-state index contributed by atoms with van der Waals surface area (Å²) in [6, 6.07) is 7.60. The average molecular weight is 191 g/mol. The van der Waals surface area contributed by atoms with Crippen molar-refractivity contribution in [1.29, 1.82) is 0 Å². The van der Waals surface area contributed by atoms with Gasteiger partial charge < -0.3 is 10.4 Å². The first-order valence-electron chi connectivity index (χ1n) is 5.33. The molecule has 1 saturated heterocycles. The van der Waals surface area contributed by atoms with Gasteiger partial charge in [-0.25, -0.2) is 0 Å². The molecule has 76 valence electrons. The lowest BCUT2D eigenvalue weighted by Crippen LogP contribution is -2.28. The van der Waals surface area contributed by atoms with Crippen molar-refractivity contribution in [3.05, 3.63) is 29.8 Å². The molecule has 1 aliphatic heterocycles. The van der Waals surface area contributed by atoms with Gasteiger partial charge in [-0.3, -0.25) is 0 Å². The molecule has 0 aromatic heterocycles. The SMILES string of the molecule is Oc1ccc(CC2CCNCC2)cc1. The molecule has 0 spiro atoms. The first-order valence-corrected chi connectivity index (χ1v) is 5.33. The fourth-order valence-corrected chi connectivity index (χ4v) is 2.05. The van der Waals surface area contributed by atoms with Crippen LogP contribution in [0.3, 0.4) is 0 Å². The zero-order valence-corrected chi connectivity index (χ0v) is 8.37. The second-order valence-electron chi connectivity index (χ2n) is 4.06. The summed E-state index contributed by atoms with van der Waals surface area (Å²) in [5, 5.41) is 12.5. The monoisotopic (exact) mass is 191 g/mol. The summed E-state index contributed by atoms with van der Waals surface area (Å²) < 4.78 is 0. The van der Waals surface area contributed by atoms with Crippen LogP contribution in [0.15, 0.2) is 24.3 Å². The highest BCUT2D eigenvalue weighted by Gasteiger charge is 2.12. The van der Waals surface area contributed by atoms with Gasteiger partial charge in [-0.2, -0.15) is 0 Å². The van der Waals surface area contributed by atoms with E-state index in [1.165, 1.54) is 18.4 Å². The molecule has 2 heteroatoms. The van der Waals surface area contributed by atoms with E-state index < -0.39 is 0 Å². The molecule has 1 aliphatic rings. The summed E-state index contributed by atoms with van der Waals surface area (Å²) in [4.78, 5) is 0. The minimum Gasteiger partial charge on any atom is -0.508 e. The van der Waals surface area contributed by atoms with E-state index in [0.29, 0.717) is 5.75 Å². The zero-order valence-electron chi connectivity index (χ0n) is 8.37. The molecule has 0 aliphatic carbocycles. The third-order valence-corrected chi connectivity index (χ3v) is 2.92. The van der Waals surface area contributed by atoms with Crippen LogP contribution in [-0.2, 0) is 6.42 Å². The summed E-state index contributed by atoms with van der Waals surface area (Å²) in [6.07, 6.45) is 3.71. The minimum atomic E-state index is 0.360. The van der Waals surface area contributed by atoms with Gasteiger partial charge in [0.15, 0.2) is 0 Å². The molecular formula is C12H17NO. The first-order chi connectivity index (χ1) is 6.84. The molecule has 1 aromatic rings. The molecule has 2 N–H and O–H groups in total. The van der Waals surface area contributed by atoms with Crippen molar-refractivity contribution in [1.82, 2.24) is 5.32 Å². The predicted octanol–water partition coefficient (Wildman–Crippen LogP) is 1.93. The number of rotatable bonds is 2. The van der Waals surface area contributed by atoms with Crippen molar-refractivity contribution in [2.45, 2.75) is 19.3 Å². The van der Waals surface area contributed by atoms with Crippen LogP contribution in [-0.4, -0.2) is 18.2 Å². The Kier molecular flexibility index (Phi) is 3.04. The van der Waals surface area contributed by atoms with Gasteiger partial charge in [-0.15, -0.1) is 0 Å². The van der Waals surface area contributed by atoms with Crippen molar-refractivity contribution >= 4 is 0 Å². The molecule has 1 heterocycles. The molecule has 0 radical (unpaired) electrons. The van der Waals surface area contributed by atoms with Crippen molar-refractivity contribution in [2.75, 3.05) is 13.1 Å². The Morgan fingerprint density at radius 2 is 1.79 bits per heavy atom. The molecule has 0 unspecified atom stereocenters. The fourth-order valence-electron chi connectivity index (χ4n) is 2.05. The van der Waals surface area contributed by atoms with Gasteiger partial charge in [-0.1, -0.05) is 12.1 Å². The van der Waals surface area contributed by atoms with Gasteiger partial charge in [0.2, 0.25) is 0 Å². The smallest absolute Gasteiger partial charge is 0.115 e. The summed E-state index contributed by atoms with van der Waals surface area (Å²) in [6.45, 7) is 2.31. The fraction of sp³-hybridized carbons (Fsp3) is 0.500. The number of piperidine rings is 1. The third kappa shape index (κ3) is 2.48. The van der Waals surface area contributed by atoms with Crippen molar-refractivity contribution in [2.24, 2.45) is 5.92 Å². The maximum absolute atomic E-state index is 9.15. The summed E-state index contributed by atoms with van der Waals surface area (Å²) in [7, 11) is 0. The highest BCUT2D eigenvalue weighted by molar-refractivity contribution is 5.26. The summed E-state index contributed by atoms with van der Waals surface area (Å²) >= 11 is 0. The van der Waals surface area contributed by atoms with Crippen LogP contribution in [0.1, 0.15) is 18.4 Å². The van der Waals surface area contributed by atoms with Crippen molar-refractivity contribution < 1.29 is 5.11 Å². The Morgan fingerprint density at radius 3 is 2.43 bits per heavy atom. The number of phenolic OH excluding ortho intramolecular Hbond substituents is 1. The normalized spacial score (nSPS) is 18.3. The Labute approximate surface area is 85.0 Å². The van der Waals surface area contributed by atoms with E-state index in [-0.39, 0.29) is 0 Å². The van der Waals surface area contributed by atoms with Gasteiger partial charge in [0.1, 0.15) is 5.75 Å². The number of phenols is 1. The van der Waals surface area contributed by atoms with E-state index in [4.69, 9.17) is 5.11 Å². The quantitative estimate of drug-likeness (QED) is 0.748. The van der Waals surface area contributed by atoms with Crippen LogP contribution < -0.4 is 5.32 Å². The lowest BCUT2D eigenvalue weighted by atomic mass is 9.91. The summed E-state index contributed by atoms with van der Waals surface area (Å²) in [5.41, 5.74) is 1.34. The van der Waals surface area contributed by atoms with E-state index in [2.05, 4.69) is 5.32 Å². The van der Waals surface area contributed by atoms with Crippen LogP contribution >= 0.6 is 0 Å². The minimum absolute atomic E-state index is 0.360. The van der Waals surface area contributed by atoms with Crippen LogP contribution in [0.4, 0.5) is 0 Å². The first kappa shape index (κ1) is 9.53. The maximum atomic E-state index is 9.15. The molecule has 0 atom stereocenters. The standard InChI is InChI=1S/C12H17NO/c14-12-3-1-10(2-4-12)9-11-5-7-13-8-6-11/h1-4,11,13-14H,5-9H2. The van der Waals surface area contributed by atoms with Crippen LogP contribution in [0.25, 0.3) is 0 Å². The van der Waals surface area contributed by atoms with E-state index in [0.717, 1.165) is 25.4 Å². The van der Waals surface area contributed by atoms with Gasteiger partial charge in [-0.05, 0) is 56.0 Å². The lowest BCUT2D eigenvalue weighted by molar-refractivity contribution is 0.372. The molecule has 2 rings (SSSR count). The van der Waals surface area contributed by atoms with Crippen molar-refractivity contribution in [3.63, 3.8) is 0 Å². The highest BCUT2D eigenvalue weighted by Crippen LogP contribution is 2.19. The van der Waals surface area contributed by atoms with E-state index in [9.17, 15) is 0 Å². The number of benzene rings is 1. The number of aromatic hydroxyl groups is 1. The maximum Gasteiger partial charge on any atom is 0.115 e. The van der Waals surface area contributed by atoms with E-state index in [1.54, 1.807) is 12.1 Å². The molecular weight excluding hydrogens is 174 g/mol. The topological polar surface area (TPSA) is 32.3 Å². The number of hydrogen-bond acceptors (Lipinski definition) is 2. The Hall–Kier alpha value is -1.02. The van der Waals surface area contributed by atoms with Gasteiger partial charge >= 0.3 is 0 Å². The second-order valence-corrected chi connectivity index (χ2v) is 4.06. The van der Waals surface area contributed by atoms with E-state index in [1.807, 2.05) is 12.1 Å². The Bertz CT molecular complexity index is 275. The highest BCUT2D eigenvalue weighted by atomic mass is 16.3. The predicted molar refractivity (Wildman–Crippen MR) is 57.4 cm³/mol. The van der Waals surface area contributed by atoms with Crippen LogP contribution in [0, 0.1) is 5.92 Å². The Balaban J connectivity index is 1.92.